The van der Waals surface area contributed by atoms with Gasteiger partial charge >= 0.3 is 0 Å². The fourth-order valence-electron chi connectivity index (χ4n) is 2.83. The van der Waals surface area contributed by atoms with Gasteiger partial charge in [0, 0.05) is 33.9 Å². The Hall–Kier alpha value is -4.16. The molecule has 33 heavy (non-hydrogen) atoms. The Bertz CT molecular complexity index is 1250. The number of halogens is 1. The molecule has 0 saturated carbocycles. The van der Waals surface area contributed by atoms with E-state index in [1.54, 1.807) is 18.2 Å². The number of rotatable bonds is 8. The van der Waals surface area contributed by atoms with Crippen LogP contribution in [0.5, 0.6) is 11.5 Å². The molecule has 0 saturated heterocycles. The van der Waals surface area contributed by atoms with Crippen molar-refractivity contribution in [2.24, 2.45) is 0 Å². The quantitative estimate of drug-likeness (QED) is 0.186. The molecule has 3 aromatic carbocycles. The number of nitrogens with one attached hydrogen (secondary N) is 1. The number of nitro benzene ring substituents is 1. The number of nitriles is 1. The van der Waals surface area contributed by atoms with E-state index in [1.165, 1.54) is 37.5 Å². The number of carbonyl (C=O) groups is 1. The topological polar surface area (TPSA) is 114 Å². The van der Waals surface area contributed by atoms with E-state index in [0.29, 0.717) is 17.1 Å². The lowest BCUT2D eigenvalue weighted by molar-refractivity contribution is -0.384. The largest absolute Gasteiger partial charge is 0.497 e. The zero-order valence-corrected chi connectivity index (χ0v) is 19.0. The number of methoxy groups -OCH3 is 1. The van der Waals surface area contributed by atoms with Crippen LogP contribution in [-0.2, 0) is 11.4 Å². The highest BCUT2D eigenvalue weighted by atomic mass is 79.9. The smallest absolute Gasteiger partial charge is 0.271 e. The third-order valence-electron chi connectivity index (χ3n) is 4.51. The fraction of sp³-hybridized carbons (Fsp3) is 0.0833. The Morgan fingerprint density at radius 2 is 1.94 bits per heavy atom. The summed E-state index contributed by atoms with van der Waals surface area (Å²) in [5.74, 6) is 0.276. The summed E-state index contributed by atoms with van der Waals surface area (Å²) in [6.45, 7) is 0.267. The zero-order chi connectivity index (χ0) is 23.8. The molecular weight excluding hydrogens is 490 g/mol. The number of nitro groups is 1. The van der Waals surface area contributed by atoms with E-state index < -0.39 is 10.8 Å². The molecular formula is C24H18BrN3O5. The Morgan fingerprint density at radius 1 is 1.18 bits per heavy atom. The maximum Gasteiger partial charge on any atom is 0.271 e. The number of benzene rings is 3. The summed E-state index contributed by atoms with van der Waals surface area (Å²) in [6.07, 6.45) is 1.39. The third kappa shape index (κ3) is 6.41. The van der Waals surface area contributed by atoms with Crippen LogP contribution in [0.3, 0.4) is 0 Å². The first-order valence-corrected chi connectivity index (χ1v) is 10.4. The van der Waals surface area contributed by atoms with E-state index >= 15 is 0 Å². The van der Waals surface area contributed by atoms with Crippen LogP contribution in [0.25, 0.3) is 6.08 Å². The highest BCUT2D eigenvalue weighted by molar-refractivity contribution is 9.10. The van der Waals surface area contributed by atoms with Crippen LogP contribution >= 0.6 is 15.9 Å². The molecule has 1 N–H and O–H groups in total. The molecule has 3 aromatic rings. The normalized spacial score (nSPS) is 10.8. The minimum atomic E-state index is -0.701. The van der Waals surface area contributed by atoms with E-state index in [2.05, 4.69) is 21.2 Å². The first-order valence-electron chi connectivity index (χ1n) is 9.62. The van der Waals surface area contributed by atoms with Crippen LogP contribution in [-0.4, -0.2) is 17.9 Å². The molecule has 9 heteroatoms. The van der Waals surface area contributed by atoms with E-state index in [0.717, 1.165) is 10.0 Å². The van der Waals surface area contributed by atoms with Crippen LogP contribution < -0.4 is 14.8 Å². The van der Waals surface area contributed by atoms with Crippen molar-refractivity contribution in [3.8, 4) is 17.6 Å². The maximum absolute atomic E-state index is 12.6. The molecule has 0 aliphatic rings. The fourth-order valence-corrected chi connectivity index (χ4v) is 3.09. The summed E-state index contributed by atoms with van der Waals surface area (Å²) in [5, 5.41) is 23.0. The first kappa shape index (κ1) is 23.5. The molecule has 0 heterocycles. The van der Waals surface area contributed by atoms with Gasteiger partial charge in [0.05, 0.1) is 12.0 Å². The van der Waals surface area contributed by atoms with Crippen LogP contribution in [0.1, 0.15) is 11.1 Å². The maximum atomic E-state index is 12.6. The number of ether oxygens (including phenoxy) is 2. The van der Waals surface area contributed by atoms with E-state index in [-0.39, 0.29) is 23.6 Å². The Balaban J connectivity index is 1.85. The van der Waals surface area contributed by atoms with Gasteiger partial charge in [0.25, 0.3) is 11.6 Å². The van der Waals surface area contributed by atoms with Crippen molar-refractivity contribution in [2.45, 2.75) is 6.61 Å². The van der Waals surface area contributed by atoms with E-state index in [1.807, 2.05) is 30.3 Å². The third-order valence-corrected chi connectivity index (χ3v) is 5.04. The molecule has 0 fully saturated rings. The SMILES string of the molecule is COc1ccc(/C=C(\C#N)C(=O)Nc2cccc([N+](=O)[O-])c2)c(OCc2ccc(Br)cc2)c1. The number of anilines is 1. The van der Waals surface area contributed by atoms with Crippen molar-refractivity contribution in [1.29, 1.82) is 5.26 Å². The second kappa shape index (κ2) is 10.9. The summed E-state index contributed by atoms with van der Waals surface area (Å²) in [4.78, 5) is 23.0. The molecule has 0 aliphatic heterocycles. The second-order valence-corrected chi connectivity index (χ2v) is 7.67. The van der Waals surface area contributed by atoms with Crippen molar-refractivity contribution in [2.75, 3.05) is 12.4 Å². The van der Waals surface area contributed by atoms with Gasteiger partial charge < -0.3 is 14.8 Å². The number of hydrogen-bond acceptors (Lipinski definition) is 6. The lowest BCUT2D eigenvalue weighted by Gasteiger charge is -2.12. The number of hydrogen-bond donors (Lipinski definition) is 1. The Morgan fingerprint density at radius 3 is 2.61 bits per heavy atom. The molecule has 166 valence electrons. The molecule has 0 unspecified atom stereocenters. The molecule has 0 spiro atoms. The predicted octanol–water partition coefficient (Wildman–Crippen LogP) is 5.49. The summed E-state index contributed by atoms with van der Waals surface area (Å²) in [6, 6.07) is 20.0. The first-order chi connectivity index (χ1) is 15.9. The Labute approximate surface area is 198 Å². The highest BCUT2D eigenvalue weighted by Gasteiger charge is 2.14. The molecule has 0 atom stereocenters. The number of nitrogens with zero attached hydrogens (tertiary/aromatic N) is 2. The molecule has 3 rings (SSSR count). The lowest BCUT2D eigenvalue weighted by atomic mass is 10.1. The molecule has 0 radical (unpaired) electrons. The van der Waals surface area contributed by atoms with Crippen LogP contribution in [0.2, 0.25) is 0 Å². The number of non-ortho nitro benzene ring substituents is 1. The molecule has 0 aliphatic carbocycles. The minimum Gasteiger partial charge on any atom is -0.497 e. The van der Waals surface area contributed by atoms with Gasteiger partial charge in [-0.2, -0.15) is 5.26 Å². The van der Waals surface area contributed by atoms with Gasteiger partial charge in [-0.15, -0.1) is 0 Å². The molecule has 8 nitrogen and oxygen atoms in total. The Kier molecular flexibility index (Phi) is 7.78. The molecule has 1 amide bonds. The number of amides is 1. The summed E-state index contributed by atoms with van der Waals surface area (Å²) >= 11 is 3.39. The molecule has 0 aromatic heterocycles. The number of carbonyl (C=O) groups excluding carboxylic acids is 1. The van der Waals surface area contributed by atoms with Crippen molar-refractivity contribution in [3.63, 3.8) is 0 Å². The van der Waals surface area contributed by atoms with Gasteiger partial charge in [-0.25, -0.2) is 0 Å². The van der Waals surface area contributed by atoms with Crippen molar-refractivity contribution in [3.05, 3.63) is 98.0 Å². The summed E-state index contributed by atoms with van der Waals surface area (Å²) < 4.78 is 12.1. The lowest BCUT2D eigenvalue weighted by Crippen LogP contribution is -2.13. The van der Waals surface area contributed by atoms with Crippen molar-refractivity contribution < 1.29 is 19.2 Å². The van der Waals surface area contributed by atoms with Gasteiger partial charge in [-0.1, -0.05) is 34.1 Å². The van der Waals surface area contributed by atoms with Gasteiger partial charge in [0.15, 0.2) is 0 Å². The van der Waals surface area contributed by atoms with Crippen LogP contribution in [0.15, 0.2) is 76.8 Å². The van der Waals surface area contributed by atoms with Gasteiger partial charge in [-0.3, -0.25) is 14.9 Å². The van der Waals surface area contributed by atoms with Crippen molar-refractivity contribution in [1.82, 2.24) is 0 Å². The van der Waals surface area contributed by atoms with Crippen LogP contribution in [0.4, 0.5) is 11.4 Å². The zero-order valence-electron chi connectivity index (χ0n) is 17.4. The van der Waals surface area contributed by atoms with Gasteiger partial charge in [-0.05, 0) is 42.0 Å². The van der Waals surface area contributed by atoms with E-state index in [4.69, 9.17) is 9.47 Å². The molecule has 0 bridgehead atoms. The van der Waals surface area contributed by atoms with Gasteiger partial charge in [0.1, 0.15) is 29.7 Å². The second-order valence-electron chi connectivity index (χ2n) is 6.75. The van der Waals surface area contributed by atoms with Gasteiger partial charge in [0.2, 0.25) is 0 Å². The van der Waals surface area contributed by atoms with E-state index in [9.17, 15) is 20.2 Å². The average Bonchev–Trinajstić information content (AvgIpc) is 2.82. The minimum absolute atomic E-state index is 0.172. The van der Waals surface area contributed by atoms with Crippen molar-refractivity contribution >= 4 is 39.3 Å². The monoisotopic (exact) mass is 507 g/mol. The average molecular weight is 508 g/mol. The standard InChI is InChI=1S/C24H18BrN3O5/c1-32-22-10-7-17(23(13-22)33-15-16-5-8-19(25)9-6-16)11-18(14-26)24(29)27-20-3-2-4-21(12-20)28(30)31/h2-13H,15H2,1H3,(H,27,29)/b18-11+. The summed E-state index contributed by atoms with van der Waals surface area (Å²) in [5.41, 5.74) is 1.27. The van der Waals surface area contributed by atoms with Crippen LogP contribution in [0, 0.1) is 21.4 Å². The highest BCUT2D eigenvalue weighted by Crippen LogP contribution is 2.28. The predicted molar refractivity (Wildman–Crippen MR) is 127 cm³/mol. The summed E-state index contributed by atoms with van der Waals surface area (Å²) in [7, 11) is 1.52.